The Hall–Kier alpha value is -0.310. The summed E-state index contributed by atoms with van der Waals surface area (Å²) in [5.74, 6) is 0.892. The summed E-state index contributed by atoms with van der Waals surface area (Å²) in [4.78, 5) is 13.7. The molecule has 0 saturated heterocycles. The molecule has 0 aromatic heterocycles. The largest absolute Gasteiger partial charge is 0.300 e. The highest BCUT2D eigenvalue weighted by molar-refractivity contribution is 8.01. The van der Waals surface area contributed by atoms with Crippen LogP contribution in [0.5, 0.6) is 0 Å². The Morgan fingerprint density at radius 3 is 3.14 bits per heavy atom. The Balaban J connectivity index is 2.42. The lowest BCUT2D eigenvalue weighted by molar-refractivity contribution is -0.107. The van der Waals surface area contributed by atoms with E-state index in [2.05, 4.69) is 4.99 Å². The van der Waals surface area contributed by atoms with Gasteiger partial charge < -0.3 is 0 Å². The normalized spacial score (nSPS) is 28.3. The average molecular weight is 115 g/mol. The van der Waals surface area contributed by atoms with Crippen LogP contribution in [0.25, 0.3) is 0 Å². The Morgan fingerprint density at radius 2 is 2.86 bits per heavy atom. The van der Waals surface area contributed by atoms with E-state index >= 15 is 0 Å². The van der Waals surface area contributed by atoms with E-state index in [1.807, 2.05) is 0 Å². The minimum atomic E-state index is -0.0972. The first-order valence-electron chi connectivity index (χ1n) is 2.02. The molecule has 2 nitrogen and oxygen atoms in total. The number of hydrogen-bond acceptors (Lipinski definition) is 3. The van der Waals surface area contributed by atoms with Gasteiger partial charge in [0, 0.05) is 12.0 Å². The van der Waals surface area contributed by atoms with Gasteiger partial charge in [0.1, 0.15) is 0 Å². The van der Waals surface area contributed by atoms with Gasteiger partial charge in [0.15, 0.2) is 11.7 Å². The van der Waals surface area contributed by atoms with Crippen LogP contribution in [0.1, 0.15) is 0 Å². The molecule has 0 spiro atoms. The van der Waals surface area contributed by atoms with Crippen LogP contribution in [0.3, 0.4) is 0 Å². The van der Waals surface area contributed by atoms with E-state index in [1.165, 1.54) is 0 Å². The highest BCUT2D eigenvalue weighted by Gasteiger charge is 2.06. The molecule has 1 atom stereocenters. The fourth-order valence-electron chi connectivity index (χ4n) is 0.406. The second kappa shape index (κ2) is 2.12. The molecule has 38 valence electrons. The number of thioether (sulfide) groups is 1. The lowest BCUT2D eigenvalue weighted by Crippen LogP contribution is -1.92. The van der Waals surface area contributed by atoms with Gasteiger partial charge in [-0.05, 0) is 0 Å². The molecule has 0 saturated carbocycles. The number of nitrogens with zero attached hydrogens (tertiary/aromatic N) is 1. The van der Waals surface area contributed by atoms with Crippen molar-refractivity contribution in [2.45, 2.75) is 5.37 Å². The van der Waals surface area contributed by atoms with Crippen molar-refractivity contribution < 1.29 is 4.79 Å². The molecule has 0 aliphatic carbocycles. The summed E-state index contributed by atoms with van der Waals surface area (Å²) in [6, 6.07) is 0. The van der Waals surface area contributed by atoms with Crippen molar-refractivity contribution in [3.8, 4) is 0 Å². The molecule has 1 aliphatic rings. The van der Waals surface area contributed by atoms with Crippen molar-refractivity contribution in [2.24, 2.45) is 4.99 Å². The number of rotatable bonds is 1. The van der Waals surface area contributed by atoms with Crippen molar-refractivity contribution >= 4 is 24.3 Å². The third-order valence-corrected chi connectivity index (χ3v) is 1.63. The van der Waals surface area contributed by atoms with E-state index in [-0.39, 0.29) is 5.37 Å². The maximum atomic E-state index is 9.87. The number of carbonyl (C=O) groups excluding carboxylic acids is 1. The van der Waals surface area contributed by atoms with Gasteiger partial charge in [0.25, 0.3) is 0 Å². The zero-order chi connectivity index (χ0) is 5.11. The topological polar surface area (TPSA) is 29.4 Å². The number of carbonyl (C=O) groups is 1. The first-order chi connectivity index (χ1) is 3.43. The predicted octanol–water partition coefficient (Wildman–Crippen LogP) is 0.329. The quantitative estimate of drug-likeness (QED) is 0.461. The van der Waals surface area contributed by atoms with Crippen LogP contribution < -0.4 is 0 Å². The molecule has 1 aliphatic heterocycles. The minimum Gasteiger partial charge on any atom is -0.300 e. The molecule has 0 aromatic carbocycles. The molecule has 1 heterocycles. The van der Waals surface area contributed by atoms with E-state index in [0.29, 0.717) is 0 Å². The van der Waals surface area contributed by atoms with E-state index in [0.717, 1.165) is 12.0 Å². The molecule has 0 radical (unpaired) electrons. The van der Waals surface area contributed by atoms with Crippen LogP contribution in [-0.2, 0) is 4.79 Å². The lowest BCUT2D eigenvalue weighted by Gasteiger charge is -1.87. The molecular formula is C4H5NOS. The summed E-state index contributed by atoms with van der Waals surface area (Å²) in [5.41, 5.74) is 0. The smallest absolute Gasteiger partial charge is 0.154 e. The van der Waals surface area contributed by atoms with Gasteiger partial charge in [0.2, 0.25) is 0 Å². The first kappa shape index (κ1) is 4.84. The number of aliphatic imine (C=N–C) groups is 1. The fraction of sp³-hybridized carbons (Fsp3) is 0.500. The van der Waals surface area contributed by atoms with Gasteiger partial charge in [0.05, 0.1) is 0 Å². The highest BCUT2D eigenvalue weighted by Crippen LogP contribution is 2.12. The first-order valence-corrected chi connectivity index (χ1v) is 3.07. The van der Waals surface area contributed by atoms with Gasteiger partial charge in [-0.2, -0.15) is 0 Å². The van der Waals surface area contributed by atoms with Crippen LogP contribution >= 0.6 is 11.8 Å². The number of hydrogen-bond donors (Lipinski definition) is 0. The fourth-order valence-corrected chi connectivity index (χ4v) is 1.03. The van der Waals surface area contributed by atoms with Gasteiger partial charge >= 0.3 is 0 Å². The summed E-state index contributed by atoms with van der Waals surface area (Å²) in [6.07, 6.45) is 2.62. The molecule has 3 heteroatoms. The van der Waals surface area contributed by atoms with Gasteiger partial charge in [-0.3, -0.25) is 9.79 Å². The molecule has 0 amide bonds. The summed E-state index contributed by atoms with van der Waals surface area (Å²) < 4.78 is 0. The van der Waals surface area contributed by atoms with Crippen molar-refractivity contribution in [1.82, 2.24) is 0 Å². The average Bonchev–Trinajstić information content (AvgIpc) is 2.14. The summed E-state index contributed by atoms with van der Waals surface area (Å²) in [7, 11) is 0. The maximum absolute atomic E-state index is 9.87. The second-order valence-corrected chi connectivity index (χ2v) is 2.34. The van der Waals surface area contributed by atoms with E-state index in [1.54, 1.807) is 18.0 Å². The molecule has 0 bridgehead atoms. The van der Waals surface area contributed by atoms with E-state index in [4.69, 9.17) is 0 Å². The van der Waals surface area contributed by atoms with Crippen LogP contribution in [0, 0.1) is 0 Å². The van der Waals surface area contributed by atoms with Crippen LogP contribution in [0.4, 0.5) is 0 Å². The summed E-state index contributed by atoms with van der Waals surface area (Å²) >= 11 is 1.55. The third-order valence-electron chi connectivity index (χ3n) is 0.710. The Morgan fingerprint density at radius 1 is 2.00 bits per heavy atom. The lowest BCUT2D eigenvalue weighted by atomic mass is 10.7. The molecular weight excluding hydrogens is 110 g/mol. The van der Waals surface area contributed by atoms with Crippen molar-refractivity contribution in [3.05, 3.63) is 0 Å². The Kier molecular flexibility index (Phi) is 1.46. The van der Waals surface area contributed by atoms with E-state index in [9.17, 15) is 4.79 Å². The van der Waals surface area contributed by atoms with Crippen LogP contribution in [-0.4, -0.2) is 23.6 Å². The van der Waals surface area contributed by atoms with Gasteiger partial charge in [-0.25, -0.2) is 0 Å². The predicted molar refractivity (Wildman–Crippen MR) is 30.8 cm³/mol. The molecule has 0 aromatic rings. The standard InChI is InChI=1S/C4H5NOS/c6-3-4-5-1-2-7-4/h1,3-4H,2H2. The summed E-state index contributed by atoms with van der Waals surface area (Å²) in [5, 5.41) is -0.0972. The second-order valence-electron chi connectivity index (χ2n) is 1.19. The van der Waals surface area contributed by atoms with Gasteiger partial charge in [-0.15, -0.1) is 11.8 Å². The van der Waals surface area contributed by atoms with Gasteiger partial charge in [-0.1, -0.05) is 0 Å². The van der Waals surface area contributed by atoms with Crippen LogP contribution in [0.15, 0.2) is 4.99 Å². The SMILES string of the molecule is O=CC1N=CCS1. The molecule has 0 N–H and O–H groups in total. The third kappa shape index (κ3) is 1.03. The zero-order valence-corrected chi connectivity index (χ0v) is 4.52. The Bertz CT molecular complexity index is 102. The molecule has 1 rings (SSSR count). The van der Waals surface area contributed by atoms with Crippen LogP contribution in [0.2, 0.25) is 0 Å². The van der Waals surface area contributed by atoms with Crippen molar-refractivity contribution in [2.75, 3.05) is 5.75 Å². The molecule has 1 unspecified atom stereocenters. The van der Waals surface area contributed by atoms with Crippen molar-refractivity contribution in [3.63, 3.8) is 0 Å². The number of aldehydes is 1. The summed E-state index contributed by atoms with van der Waals surface area (Å²) in [6.45, 7) is 0. The molecule has 7 heavy (non-hydrogen) atoms. The zero-order valence-electron chi connectivity index (χ0n) is 3.70. The van der Waals surface area contributed by atoms with E-state index < -0.39 is 0 Å². The highest BCUT2D eigenvalue weighted by atomic mass is 32.2. The monoisotopic (exact) mass is 115 g/mol. The molecule has 0 fully saturated rings. The maximum Gasteiger partial charge on any atom is 0.154 e. The Labute approximate surface area is 46.0 Å². The van der Waals surface area contributed by atoms with Crippen molar-refractivity contribution in [1.29, 1.82) is 0 Å². The minimum absolute atomic E-state index is 0.0972.